The Morgan fingerprint density at radius 2 is 1.64 bits per heavy atom. The zero-order chi connectivity index (χ0) is 10.4. The lowest BCUT2D eigenvalue weighted by Crippen LogP contribution is -2.21. The van der Waals surface area contributed by atoms with Crippen LogP contribution >= 0.6 is 0 Å². The average molecular weight is 195 g/mol. The second-order valence-electron chi connectivity index (χ2n) is 2.69. The molecule has 3 heteroatoms. The number of rotatable bonds is 2. The van der Waals surface area contributed by atoms with Crippen molar-refractivity contribution in [3.8, 4) is 11.5 Å². The molecule has 3 nitrogen and oxygen atoms in total. The number of fused-ring (bicyclic) bond motifs is 1. The van der Waals surface area contributed by atoms with Gasteiger partial charge in [0.25, 0.3) is 0 Å². The maximum atomic E-state index is 5.45. The largest absolute Gasteiger partial charge is 0.451 e. The summed E-state index contributed by atoms with van der Waals surface area (Å²) in [6.45, 7) is 4.58. The molecule has 1 aliphatic rings. The molecule has 1 aliphatic heterocycles. The smallest absolute Gasteiger partial charge is 0.242 e. The zero-order valence-electron chi connectivity index (χ0n) is 8.69. The zero-order valence-corrected chi connectivity index (χ0v) is 8.69. The van der Waals surface area contributed by atoms with Gasteiger partial charge < -0.3 is 15.2 Å². The second kappa shape index (κ2) is 5.50. The SMILES string of the molecule is CC.NCCC1Oc2ccccc2O1. The number of ether oxygens (including phenoxy) is 2. The van der Waals surface area contributed by atoms with Crippen LogP contribution in [0.3, 0.4) is 0 Å². The first kappa shape index (κ1) is 10.9. The third kappa shape index (κ3) is 2.39. The molecule has 0 aromatic heterocycles. The van der Waals surface area contributed by atoms with Crippen molar-refractivity contribution in [1.82, 2.24) is 0 Å². The normalized spacial score (nSPS) is 13.4. The predicted octanol–water partition coefficient (Wildman–Crippen LogP) is 2.16. The first-order valence-electron chi connectivity index (χ1n) is 5.02. The highest BCUT2D eigenvalue weighted by Gasteiger charge is 2.21. The fourth-order valence-corrected chi connectivity index (χ4v) is 1.21. The molecule has 0 bridgehead atoms. The van der Waals surface area contributed by atoms with Crippen LogP contribution in [0.2, 0.25) is 0 Å². The Labute approximate surface area is 84.8 Å². The highest BCUT2D eigenvalue weighted by Crippen LogP contribution is 2.34. The standard InChI is InChI=1S/C9H11NO2.C2H6/c10-6-5-9-11-7-3-1-2-4-8(7)12-9;1-2/h1-4,9H,5-6,10H2;1-2H3. The van der Waals surface area contributed by atoms with Crippen LogP contribution < -0.4 is 15.2 Å². The van der Waals surface area contributed by atoms with E-state index in [2.05, 4.69) is 0 Å². The molecule has 1 aromatic rings. The van der Waals surface area contributed by atoms with Gasteiger partial charge in [0, 0.05) is 6.42 Å². The molecule has 1 heterocycles. The number of nitrogens with two attached hydrogens (primary N) is 1. The maximum Gasteiger partial charge on any atom is 0.242 e. The average Bonchev–Trinajstić information content (AvgIpc) is 2.63. The summed E-state index contributed by atoms with van der Waals surface area (Å²) >= 11 is 0. The van der Waals surface area contributed by atoms with Gasteiger partial charge in [-0.3, -0.25) is 0 Å². The Morgan fingerprint density at radius 3 is 2.07 bits per heavy atom. The van der Waals surface area contributed by atoms with Crippen LogP contribution in [0.1, 0.15) is 20.3 Å². The molecule has 0 unspecified atom stereocenters. The van der Waals surface area contributed by atoms with Crippen LogP contribution in [-0.2, 0) is 0 Å². The van der Waals surface area contributed by atoms with Crippen LogP contribution in [0.5, 0.6) is 11.5 Å². The third-order valence-corrected chi connectivity index (χ3v) is 1.77. The first-order chi connectivity index (χ1) is 6.90. The molecule has 0 spiro atoms. The molecule has 0 amide bonds. The summed E-state index contributed by atoms with van der Waals surface area (Å²) in [4.78, 5) is 0. The van der Waals surface area contributed by atoms with Crippen molar-refractivity contribution in [2.45, 2.75) is 26.6 Å². The first-order valence-corrected chi connectivity index (χ1v) is 5.02. The van der Waals surface area contributed by atoms with Crippen molar-refractivity contribution in [2.75, 3.05) is 6.54 Å². The summed E-state index contributed by atoms with van der Waals surface area (Å²) < 4.78 is 10.9. The molecule has 14 heavy (non-hydrogen) atoms. The summed E-state index contributed by atoms with van der Waals surface area (Å²) in [5, 5.41) is 0. The maximum absolute atomic E-state index is 5.45. The topological polar surface area (TPSA) is 44.5 Å². The number of hydrogen-bond donors (Lipinski definition) is 1. The van der Waals surface area contributed by atoms with Gasteiger partial charge in [-0.05, 0) is 18.7 Å². The van der Waals surface area contributed by atoms with E-state index in [-0.39, 0.29) is 6.29 Å². The second-order valence-corrected chi connectivity index (χ2v) is 2.69. The molecule has 1 aromatic carbocycles. The van der Waals surface area contributed by atoms with Crippen molar-refractivity contribution in [1.29, 1.82) is 0 Å². The van der Waals surface area contributed by atoms with Gasteiger partial charge in [-0.25, -0.2) is 0 Å². The predicted molar refractivity (Wildman–Crippen MR) is 56.5 cm³/mol. The molecular formula is C11H17NO2. The summed E-state index contributed by atoms with van der Waals surface area (Å²) in [7, 11) is 0. The van der Waals surface area contributed by atoms with E-state index in [0.29, 0.717) is 6.54 Å². The van der Waals surface area contributed by atoms with Crippen molar-refractivity contribution >= 4 is 0 Å². The fourth-order valence-electron chi connectivity index (χ4n) is 1.21. The minimum atomic E-state index is -0.188. The number of benzene rings is 1. The lowest BCUT2D eigenvalue weighted by atomic mass is 10.3. The Morgan fingerprint density at radius 1 is 1.14 bits per heavy atom. The van der Waals surface area contributed by atoms with Gasteiger partial charge >= 0.3 is 0 Å². The Bertz CT molecular complexity index is 251. The van der Waals surface area contributed by atoms with Gasteiger partial charge in [0.1, 0.15) is 0 Å². The molecule has 78 valence electrons. The van der Waals surface area contributed by atoms with E-state index in [1.54, 1.807) is 0 Å². The Kier molecular flexibility index (Phi) is 4.26. The van der Waals surface area contributed by atoms with Gasteiger partial charge in [0.2, 0.25) is 6.29 Å². The number of para-hydroxylation sites is 2. The Balaban J connectivity index is 0.000000461. The van der Waals surface area contributed by atoms with E-state index < -0.39 is 0 Å². The highest BCUT2D eigenvalue weighted by atomic mass is 16.7. The van der Waals surface area contributed by atoms with E-state index in [1.807, 2.05) is 38.1 Å². The van der Waals surface area contributed by atoms with E-state index in [4.69, 9.17) is 15.2 Å². The molecule has 0 saturated heterocycles. The van der Waals surface area contributed by atoms with E-state index in [9.17, 15) is 0 Å². The van der Waals surface area contributed by atoms with E-state index in [1.165, 1.54) is 0 Å². The number of hydrogen-bond acceptors (Lipinski definition) is 3. The highest BCUT2D eigenvalue weighted by molar-refractivity contribution is 5.41. The van der Waals surface area contributed by atoms with Crippen LogP contribution in [0, 0.1) is 0 Å². The molecule has 0 radical (unpaired) electrons. The lowest BCUT2D eigenvalue weighted by Gasteiger charge is -2.07. The van der Waals surface area contributed by atoms with Crippen molar-refractivity contribution < 1.29 is 9.47 Å². The summed E-state index contributed by atoms with van der Waals surface area (Å²) in [6.07, 6.45) is 0.543. The summed E-state index contributed by atoms with van der Waals surface area (Å²) in [5.41, 5.74) is 5.38. The summed E-state index contributed by atoms with van der Waals surface area (Å²) in [5.74, 6) is 1.63. The summed E-state index contributed by atoms with van der Waals surface area (Å²) in [6, 6.07) is 7.64. The molecule has 2 rings (SSSR count). The fraction of sp³-hybridized carbons (Fsp3) is 0.455. The van der Waals surface area contributed by atoms with Gasteiger partial charge in [0.15, 0.2) is 11.5 Å². The monoisotopic (exact) mass is 195 g/mol. The molecule has 0 fully saturated rings. The van der Waals surface area contributed by atoms with Crippen LogP contribution in [0.25, 0.3) is 0 Å². The van der Waals surface area contributed by atoms with E-state index >= 15 is 0 Å². The van der Waals surface area contributed by atoms with E-state index in [0.717, 1.165) is 17.9 Å². The van der Waals surface area contributed by atoms with Gasteiger partial charge in [-0.15, -0.1) is 0 Å². The van der Waals surface area contributed by atoms with Gasteiger partial charge in [-0.2, -0.15) is 0 Å². The van der Waals surface area contributed by atoms with Crippen molar-refractivity contribution in [3.05, 3.63) is 24.3 Å². The minimum Gasteiger partial charge on any atom is -0.451 e. The molecule has 0 atom stereocenters. The van der Waals surface area contributed by atoms with Crippen molar-refractivity contribution in [2.24, 2.45) is 5.73 Å². The van der Waals surface area contributed by atoms with Gasteiger partial charge in [-0.1, -0.05) is 26.0 Å². The molecule has 0 saturated carbocycles. The van der Waals surface area contributed by atoms with Crippen LogP contribution in [-0.4, -0.2) is 12.8 Å². The lowest BCUT2D eigenvalue weighted by molar-refractivity contribution is 0.0442. The third-order valence-electron chi connectivity index (χ3n) is 1.77. The van der Waals surface area contributed by atoms with Crippen LogP contribution in [0.15, 0.2) is 24.3 Å². The quantitative estimate of drug-likeness (QED) is 0.786. The van der Waals surface area contributed by atoms with Crippen molar-refractivity contribution in [3.63, 3.8) is 0 Å². The van der Waals surface area contributed by atoms with Crippen LogP contribution in [0.4, 0.5) is 0 Å². The molecule has 2 N–H and O–H groups in total. The minimum absolute atomic E-state index is 0.188. The Hall–Kier alpha value is -1.22. The molecule has 0 aliphatic carbocycles. The molecular weight excluding hydrogens is 178 g/mol. The van der Waals surface area contributed by atoms with Gasteiger partial charge in [0.05, 0.1) is 0 Å².